The van der Waals surface area contributed by atoms with Crippen molar-refractivity contribution in [3.8, 4) is 5.75 Å². The molecule has 0 unspecified atom stereocenters. The maximum absolute atomic E-state index is 6.43. The Kier molecular flexibility index (Phi) is 6.49. The fourth-order valence-electron chi connectivity index (χ4n) is 3.79. The maximum atomic E-state index is 6.43. The van der Waals surface area contributed by atoms with Crippen molar-refractivity contribution in [2.45, 2.75) is 39.6 Å². The van der Waals surface area contributed by atoms with Crippen LogP contribution in [-0.4, -0.2) is 61.3 Å². The van der Waals surface area contributed by atoms with Gasteiger partial charge in [-0.15, -0.1) is 5.10 Å². The maximum Gasteiger partial charge on any atom is 0.215 e. The minimum atomic E-state index is -0.523. The van der Waals surface area contributed by atoms with Crippen LogP contribution in [0.4, 0.5) is 0 Å². The monoisotopic (exact) mass is 447 g/mol. The summed E-state index contributed by atoms with van der Waals surface area (Å²) >= 11 is 6.05. The van der Waals surface area contributed by atoms with E-state index < -0.39 is 6.23 Å². The van der Waals surface area contributed by atoms with Gasteiger partial charge in [0.15, 0.2) is 0 Å². The van der Waals surface area contributed by atoms with E-state index in [1.807, 2.05) is 16.8 Å². The minimum Gasteiger partial charge on any atom is -0.466 e. The molecule has 166 valence electrons. The molecule has 1 aliphatic heterocycles. The van der Waals surface area contributed by atoms with Crippen molar-refractivity contribution in [2.75, 3.05) is 26.3 Å². The predicted molar refractivity (Wildman–Crippen MR) is 113 cm³/mol. The second-order valence-corrected chi connectivity index (χ2v) is 9.16. The van der Waals surface area contributed by atoms with Gasteiger partial charge in [0.1, 0.15) is 44.1 Å². The first-order valence-electron chi connectivity index (χ1n) is 10.4. The van der Waals surface area contributed by atoms with Gasteiger partial charge in [0.05, 0.1) is 13.2 Å². The van der Waals surface area contributed by atoms with Crippen LogP contribution in [0.15, 0.2) is 36.9 Å². The summed E-state index contributed by atoms with van der Waals surface area (Å²) in [5, 5.41) is 17.8. The Balaban J connectivity index is 1.69. The largest absolute Gasteiger partial charge is 0.466 e. The number of nitrogens with zero attached hydrogens (tertiary/aromatic N) is 7. The summed E-state index contributed by atoms with van der Waals surface area (Å²) in [7, 11) is 0. The number of hydrogen-bond acceptors (Lipinski definition) is 7. The van der Waals surface area contributed by atoms with Crippen LogP contribution in [0.5, 0.6) is 5.75 Å². The van der Waals surface area contributed by atoms with Crippen molar-refractivity contribution in [2.24, 2.45) is 5.41 Å². The van der Waals surface area contributed by atoms with Gasteiger partial charge in [-0.25, -0.2) is 14.3 Å². The number of aromatic nitrogens is 7. The number of tetrazole rings is 1. The normalized spacial score (nSPS) is 17.4. The summed E-state index contributed by atoms with van der Waals surface area (Å²) in [5.74, 6) is 1.48. The fourth-order valence-corrected chi connectivity index (χ4v) is 3.91. The molecule has 4 rings (SSSR count). The summed E-state index contributed by atoms with van der Waals surface area (Å²) in [4.78, 5) is 5.53. The van der Waals surface area contributed by atoms with Crippen molar-refractivity contribution in [3.63, 3.8) is 0 Å². The summed E-state index contributed by atoms with van der Waals surface area (Å²) in [6.07, 6.45) is 2.62. The first kappa shape index (κ1) is 21.7. The molecule has 11 heteroatoms. The molecule has 3 heterocycles. The molecule has 1 aromatic carbocycles. The molecule has 1 fully saturated rings. The Bertz CT molecular complexity index is 948. The average molecular weight is 448 g/mol. The van der Waals surface area contributed by atoms with Crippen LogP contribution in [0.1, 0.15) is 38.9 Å². The van der Waals surface area contributed by atoms with Crippen molar-refractivity contribution in [1.82, 2.24) is 35.0 Å². The predicted octanol–water partition coefficient (Wildman–Crippen LogP) is 1.20. The Morgan fingerprint density at radius 3 is 2.58 bits per heavy atom. The molecule has 1 aliphatic rings. The lowest BCUT2D eigenvalue weighted by Crippen LogP contribution is -3.12. The third-order valence-electron chi connectivity index (χ3n) is 5.36. The number of ether oxygens (including phenoxy) is 2. The van der Waals surface area contributed by atoms with Gasteiger partial charge >= 0.3 is 0 Å². The van der Waals surface area contributed by atoms with E-state index in [-0.39, 0.29) is 11.5 Å². The zero-order valence-corrected chi connectivity index (χ0v) is 18.7. The van der Waals surface area contributed by atoms with Crippen molar-refractivity contribution in [1.29, 1.82) is 0 Å². The second-order valence-electron chi connectivity index (χ2n) is 8.73. The van der Waals surface area contributed by atoms with Crippen LogP contribution in [0.2, 0.25) is 5.02 Å². The van der Waals surface area contributed by atoms with Crippen LogP contribution in [0.25, 0.3) is 0 Å². The van der Waals surface area contributed by atoms with Gasteiger partial charge in [0.25, 0.3) is 0 Å². The Labute approximate surface area is 186 Å². The van der Waals surface area contributed by atoms with E-state index in [0.29, 0.717) is 17.3 Å². The average Bonchev–Trinajstić information content (AvgIpc) is 3.42. The summed E-state index contributed by atoms with van der Waals surface area (Å²) in [5.41, 5.74) is -0.256. The molecule has 31 heavy (non-hydrogen) atoms. The van der Waals surface area contributed by atoms with Gasteiger partial charge in [-0.3, -0.25) is 0 Å². The number of quaternary nitrogens is 1. The number of morpholine rings is 1. The van der Waals surface area contributed by atoms with Crippen molar-refractivity contribution < 1.29 is 14.4 Å². The highest BCUT2D eigenvalue weighted by Gasteiger charge is 2.40. The highest BCUT2D eigenvalue weighted by atomic mass is 35.5. The molecule has 0 amide bonds. The Morgan fingerprint density at radius 2 is 1.94 bits per heavy atom. The molecule has 2 aromatic heterocycles. The molecule has 3 aromatic rings. The summed E-state index contributed by atoms with van der Waals surface area (Å²) in [6, 6.07) is 7.02. The van der Waals surface area contributed by atoms with Crippen molar-refractivity contribution in [3.05, 3.63) is 47.8 Å². The molecular formula is C20H28ClN8O2+. The molecule has 0 bridgehead atoms. The van der Waals surface area contributed by atoms with Crippen LogP contribution in [0, 0.1) is 5.41 Å². The van der Waals surface area contributed by atoms with Crippen LogP contribution < -0.4 is 9.64 Å². The SMILES string of the molecule is CC(C)(C)[C@H]([C@H](Oc1ccc(Cl)cc1)n1cncn1)n1nnnc1C[NH+]1CCOCC1. The third kappa shape index (κ3) is 5.20. The number of benzene rings is 1. The standard InChI is InChI=1S/C20H27ClN8O2/c1-20(2,3)18(29-17(24-25-26-29)12-27-8-10-30-11-9-27)19(28-14-22-13-23-28)31-16-6-4-15(21)5-7-16/h4-7,13-14,18-19H,8-12H2,1-3H3/p+1/t18-,19-/m0/s1. The number of halogens is 1. The molecule has 0 spiro atoms. The van der Waals surface area contributed by atoms with Crippen molar-refractivity contribution >= 4 is 11.6 Å². The quantitative estimate of drug-likeness (QED) is 0.581. The first-order chi connectivity index (χ1) is 14.9. The van der Waals surface area contributed by atoms with Crippen LogP contribution in [0.3, 0.4) is 0 Å². The van der Waals surface area contributed by atoms with Gasteiger partial charge in [0, 0.05) is 5.02 Å². The lowest BCUT2D eigenvalue weighted by molar-refractivity contribution is -0.922. The van der Waals surface area contributed by atoms with Gasteiger partial charge in [-0.2, -0.15) is 5.10 Å². The van der Waals surface area contributed by atoms with Gasteiger partial charge in [0.2, 0.25) is 12.1 Å². The Morgan fingerprint density at radius 1 is 1.19 bits per heavy atom. The lowest BCUT2D eigenvalue weighted by atomic mass is 9.85. The lowest BCUT2D eigenvalue weighted by Gasteiger charge is -2.37. The Hall–Kier alpha value is -2.56. The third-order valence-corrected chi connectivity index (χ3v) is 5.61. The summed E-state index contributed by atoms with van der Waals surface area (Å²) in [6.45, 7) is 10.5. The first-order valence-corrected chi connectivity index (χ1v) is 10.7. The van der Waals surface area contributed by atoms with E-state index in [4.69, 9.17) is 21.1 Å². The van der Waals surface area contributed by atoms with E-state index in [2.05, 4.69) is 46.4 Å². The van der Waals surface area contributed by atoms with E-state index >= 15 is 0 Å². The molecule has 1 saturated heterocycles. The minimum absolute atomic E-state index is 0.254. The van der Waals surface area contributed by atoms with Gasteiger partial charge < -0.3 is 14.4 Å². The summed E-state index contributed by atoms with van der Waals surface area (Å²) < 4.78 is 15.5. The van der Waals surface area contributed by atoms with Crippen LogP contribution >= 0.6 is 11.6 Å². The molecule has 0 saturated carbocycles. The van der Waals surface area contributed by atoms with E-state index in [9.17, 15) is 0 Å². The zero-order chi connectivity index (χ0) is 21.8. The topological polar surface area (TPSA) is 97.2 Å². The molecular weight excluding hydrogens is 420 g/mol. The fraction of sp³-hybridized carbons (Fsp3) is 0.550. The van der Waals surface area contributed by atoms with Gasteiger partial charge in [-0.1, -0.05) is 32.4 Å². The smallest absolute Gasteiger partial charge is 0.215 e. The zero-order valence-electron chi connectivity index (χ0n) is 18.0. The highest BCUT2D eigenvalue weighted by molar-refractivity contribution is 6.30. The van der Waals surface area contributed by atoms with E-state index in [1.165, 1.54) is 11.2 Å². The molecule has 0 radical (unpaired) electrons. The highest BCUT2D eigenvalue weighted by Crippen LogP contribution is 2.40. The van der Waals surface area contributed by atoms with Gasteiger partial charge in [-0.05, 0) is 40.1 Å². The molecule has 10 nitrogen and oxygen atoms in total. The van der Waals surface area contributed by atoms with E-state index in [1.54, 1.807) is 23.1 Å². The number of nitrogens with one attached hydrogen (secondary N) is 1. The molecule has 1 N–H and O–H groups in total. The van der Waals surface area contributed by atoms with Crippen LogP contribution in [-0.2, 0) is 11.3 Å². The number of rotatable bonds is 7. The molecule has 0 aliphatic carbocycles. The molecule has 2 atom stereocenters. The van der Waals surface area contributed by atoms with E-state index in [0.717, 1.165) is 32.1 Å². The second kappa shape index (κ2) is 9.29. The number of hydrogen-bond donors (Lipinski definition) is 1.